The summed E-state index contributed by atoms with van der Waals surface area (Å²) in [5.74, 6) is 0.932. The van der Waals surface area contributed by atoms with Crippen molar-refractivity contribution >= 4 is 17.7 Å². The van der Waals surface area contributed by atoms with Crippen LogP contribution in [0.4, 0.5) is 0 Å². The van der Waals surface area contributed by atoms with Crippen LogP contribution in [0.25, 0.3) is 0 Å². The third kappa shape index (κ3) is 4.77. The predicted octanol–water partition coefficient (Wildman–Crippen LogP) is 3.34. The van der Waals surface area contributed by atoms with Crippen molar-refractivity contribution in [2.45, 2.75) is 44.8 Å². The molecule has 0 aromatic heterocycles. The molecule has 0 atom stereocenters. The molecule has 0 aliphatic carbocycles. The van der Waals surface area contributed by atoms with E-state index in [2.05, 4.69) is 24.3 Å². The van der Waals surface area contributed by atoms with E-state index >= 15 is 0 Å². The van der Waals surface area contributed by atoms with Crippen LogP contribution in [0.1, 0.15) is 48.5 Å². The summed E-state index contributed by atoms with van der Waals surface area (Å²) >= 11 is 0. The Hall–Kier alpha value is -3.35. The molecule has 2 fully saturated rings. The van der Waals surface area contributed by atoms with Crippen LogP contribution in [-0.4, -0.2) is 70.9 Å². The fourth-order valence-electron chi connectivity index (χ4n) is 5.65. The third-order valence-electron chi connectivity index (χ3n) is 7.77. The van der Waals surface area contributed by atoms with Gasteiger partial charge >= 0.3 is 0 Å². The SMILES string of the molecule is CC(=O)N1CCC2(CC1)Oc1ccccc1C(=O)N2CC(=O)N1CCC(Cc2ccccc2)CC1. The van der Waals surface area contributed by atoms with E-state index in [-0.39, 0.29) is 24.3 Å². The minimum atomic E-state index is -0.904. The zero-order chi connectivity index (χ0) is 24.4. The highest BCUT2D eigenvalue weighted by Gasteiger charge is 2.50. The van der Waals surface area contributed by atoms with Crippen LogP contribution in [0.5, 0.6) is 5.75 Å². The van der Waals surface area contributed by atoms with Crippen molar-refractivity contribution < 1.29 is 19.1 Å². The molecule has 2 aromatic rings. The summed E-state index contributed by atoms with van der Waals surface area (Å²) in [7, 11) is 0. The molecule has 0 unspecified atom stereocenters. The topological polar surface area (TPSA) is 70.2 Å². The second kappa shape index (κ2) is 9.72. The quantitative estimate of drug-likeness (QED) is 0.680. The monoisotopic (exact) mass is 475 g/mol. The Bertz CT molecular complexity index is 1090. The number of para-hydroxylation sites is 1. The normalized spacial score (nSPS) is 19.9. The van der Waals surface area contributed by atoms with Crippen LogP contribution in [0.15, 0.2) is 54.6 Å². The molecule has 2 saturated heterocycles. The molecule has 3 amide bonds. The van der Waals surface area contributed by atoms with E-state index < -0.39 is 5.72 Å². The molecule has 7 nitrogen and oxygen atoms in total. The fourth-order valence-corrected chi connectivity index (χ4v) is 5.65. The molecule has 0 saturated carbocycles. The van der Waals surface area contributed by atoms with Gasteiger partial charge in [-0.2, -0.15) is 0 Å². The number of carbonyl (C=O) groups is 3. The van der Waals surface area contributed by atoms with E-state index in [0.29, 0.717) is 56.3 Å². The second-order valence-electron chi connectivity index (χ2n) is 9.96. The summed E-state index contributed by atoms with van der Waals surface area (Å²) in [5.41, 5.74) is 0.922. The van der Waals surface area contributed by atoms with Gasteiger partial charge in [0.1, 0.15) is 12.3 Å². The summed E-state index contributed by atoms with van der Waals surface area (Å²) in [5, 5.41) is 0. The lowest BCUT2D eigenvalue weighted by Crippen LogP contribution is -2.65. The number of benzene rings is 2. The van der Waals surface area contributed by atoms with Crippen LogP contribution in [0.2, 0.25) is 0 Å². The summed E-state index contributed by atoms with van der Waals surface area (Å²) in [6, 6.07) is 17.7. The number of hydrogen-bond acceptors (Lipinski definition) is 4. The molecular formula is C28H33N3O4. The first-order chi connectivity index (χ1) is 16.9. The highest BCUT2D eigenvalue weighted by Crippen LogP contribution is 2.39. The number of nitrogens with zero attached hydrogens (tertiary/aromatic N) is 3. The van der Waals surface area contributed by atoms with Crippen LogP contribution in [-0.2, 0) is 16.0 Å². The Balaban J connectivity index is 1.28. The minimum absolute atomic E-state index is 0.00338. The zero-order valence-corrected chi connectivity index (χ0v) is 20.3. The molecule has 3 aliphatic rings. The Labute approximate surface area is 206 Å². The minimum Gasteiger partial charge on any atom is -0.467 e. The average Bonchev–Trinajstić information content (AvgIpc) is 2.88. The average molecular weight is 476 g/mol. The van der Waals surface area contributed by atoms with E-state index in [1.807, 2.05) is 29.2 Å². The van der Waals surface area contributed by atoms with E-state index in [9.17, 15) is 14.4 Å². The summed E-state index contributed by atoms with van der Waals surface area (Å²) in [6.45, 7) is 3.97. The van der Waals surface area contributed by atoms with Gasteiger partial charge in [0.25, 0.3) is 5.91 Å². The number of ether oxygens (including phenoxy) is 1. The molecule has 0 radical (unpaired) electrons. The number of hydrogen-bond donors (Lipinski definition) is 0. The van der Waals surface area contributed by atoms with Crippen molar-refractivity contribution in [3.63, 3.8) is 0 Å². The number of likely N-dealkylation sites (tertiary alicyclic amines) is 2. The lowest BCUT2D eigenvalue weighted by Gasteiger charge is -2.50. The van der Waals surface area contributed by atoms with E-state index in [4.69, 9.17) is 4.74 Å². The van der Waals surface area contributed by atoms with Gasteiger partial charge in [-0.05, 0) is 42.9 Å². The highest BCUT2D eigenvalue weighted by molar-refractivity contribution is 6.00. The Kier molecular flexibility index (Phi) is 6.50. The standard InChI is InChI=1S/C28H33N3O4/c1-21(32)29-17-13-28(14-18-29)31(27(34)24-9-5-6-10-25(24)35-28)20-26(33)30-15-11-23(12-16-30)19-22-7-3-2-4-8-22/h2-10,23H,11-20H2,1H3. The maximum atomic E-state index is 13.6. The fraction of sp³-hybridized carbons (Fsp3) is 0.464. The number of amides is 3. The van der Waals surface area contributed by atoms with E-state index in [1.165, 1.54) is 5.56 Å². The largest absolute Gasteiger partial charge is 0.467 e. The van der Waals surface area contributed by atoms with Crippen LogP contribution < -0.4 is 4.74 Å². The van der Waals surface area contributed by atoms with Crippen LogP contribution in [0.3, 0.4) is 0 Å². The van der Waals surface area contributed by atoms with Gasteiger partial charge in [0.2, 0.25) is 11.8 Å². The molecule has 7 heteroatoms. The lowest BCUT2D eigenvalue weighted by atomic mass is 9.90. The number of piperidine rings is 2. The first-order valence-corrected chi connectivity index (χ1v) is 12.6. The summed E-state index contributed by atoms with van der Waals surface area (Å²) in [6.07, 6.45) is 3.94. The van der Waals surface area contributed by atoms with Gasteiger partial charge in [-0.25, -0.2) is 0 Å². The zero-order valence-electron chi connectivity index (χ0n) is 20.3. The maximum absolute atomic E-state index is 13.6. The van der Waals surface area contributed by atoms with E-state index in [0.717, 1.165) is 19.3 Å². The number of carbonyl (C=O) groups excluding carboxylic acids is 3. The van der Waals surface area contributed by atoms with Crippen molar-refractivity contribution in [2.75, 3.05) is 32.7 Å². The molecule has 35 heavy (non-hydrogen) atoms. The first-order valence-electron chi connectivity index (χ1n) is 12.6. The predicted molar refractivity (Wildman–Crippen MR) is 132 cm³/mol. The van der Waals surface area contributed by atoms with Crippen LogP contribution in [0, 0.1) is 5.92 Å². The summed E-state index contributed by atoms with van der Waals surface area (Å²) < 4.78 is 6.44. The Morgan fingerprint density at radius 1 is 0.914 bits per heavy atom. The highest BCUT2D eigenvalue weighted by atomic mass is 16.5. The van der Waals surface area contributed by atoms with Crippen molar-refractivity contribution in [2.24, 2.45) is 5.92 Å². The van der Waals surface area contributed by atoms with Gasteiger partial charge in [0, 0.05) is 45.9 Å². The molecule has 0 bridgehead atoms. The molecule has 184 valence electrons. The molecule has 3 aliphatic heterocycles. The molecule has 1 spiro atoms. The maximum Gasteiger partial charge on any atom is 0.261 e. The van der Waals surface area contributed by atoms with Crippen molar-refractivity contribution in [1.82, 2.24) is 14.7 Å². The van der Waals surface area contributed by atoms with Gasteiger partial charge in [0.15, 0.2) is 5.72 Å². The van der Waals surface area contributed by atoms with Crippen molar-refractivity contribution in [3.05, 3.63) is 65.7 Å². The number of rotatable bonds is 4. The van der Waals surface area contributed by atoms with Gasteiger partial charge in [-0.15, -0.1) is 0 Å². The van der Waals surface area contributed by atoms with Crippen molar-refractivity contribution in [3.8, 4) is 5.75 Å². The third-order valence-corrected chi connectivity index (χ3v) is 7.77. The van der Waals surface area contributed by atoms with E-state index in [1.54, 1.807) is 22.8 Å². The smallest absolute Gasteiger partial charge is 0.261 e. The number of fused-ring (bicyclic) bond motifs is 1. The first kappa shape index (κ1) is 23.4. The molecule has 5 rings (SSSR count). The summed E-state index contributed by atoms with van der Waals surface area (Å²) in [4.78, 5) is 44.2. The second-order valence-corrected chi connectivity index (χ2v) is 9.96. The van der Waals surface area contributed by atoms with Crippen LogP contribution >= 0.6 is 0 Å². The van der Waals surface area contributed by atoms with Crippen molar-refractivity contribution in [1.29, 1.82) is 0 Å². The molecule has 2 aromatic carbocycles. The molecule has 3 heterocycles. The Morgan fingerprint density at radius 3 is 2.26 bits per heavy atom. The van der Waals surface area contributed by atoms with Gasteiger partial charge < -0.3 is 14.5 Å². The van der Waals surface area contributed by atoms with Gasteiger partial charge in [-0.1, -0.05) is 42.5 Å². The molecule has 0 N–H and O–H groups in total. The van der Waals surface area contributed by atoms with Gasteiger partial charge in [0.05, 0.1) is 5.56 Å². The Morgan fingerprint density at radius 2 is 1.57 bits per heavy atom. The molecular weight excluding hydrogens is 442 g/mol. The lowest BCUT2D eigenvalue weighted by molar-refractivity contribution is -0.150. The van der Waals surface area contributed by atoms with Gasteiger partial charge in [-0.3, -0.25) is 19.3 Å².